The van der Waals surface area contributed by atoms with E-state index < -0.39 is 0 Å². The Labute approximate surface area is 98.1 Å². The molecule has 0 radical (unpaired) electrons. The highest BCUT2D eigenvalue weighted by Gasteiger charge is 2.12. The molecule has 1 heterocycles. The van der Waals surface area contributed by atoms with Crippen molar-refractivity contribution in [1.29, 1.82) is 0 Å². The highest BCUT2D eigenvalue weighted by atomic mass is 35.5. The van der Waals surface area contributed by atoms with Crippen molar-refractivity contribution in [1.82, 2.24) is 9.97 Å². The fourth-order valence-corrected chi connectivity index (χ4v) is 1.67. The van der Waals surface area contributed by atoms with Crippen LogP contribution in [0.15, 0.2) is 24.3 Å². The van der Waals surface area contributed by atoms with Gasteiger partial charge in [-0.15, -0.1) is 0 Å². The normalized spacial score (nSPS) is 10.5. The van der Waals surface area contributed by atoms with Crippen molar-refractivity contribution in [2.45, 2.75) is 13.8 Å². The van der Waals surface area contributed by atoms with E-state index >= 15 is 0 Å². The maximum atomic E-state index is 13.6. The lowest BCUT2D eigenvalue weighted by atomic mass is 10.1. The van der Waals surface area contributed by atoms with Crippen LogP contribution in [0.1, 0.15) is 11.4 Å². The van der Waals surface area contributed by atoms with Gasteiger partial charge >= 0.3 is 0 Å². The minimum Gasteiger partial charge on any atom is -0.248 e. The molecule has 0 aliphatic carbocycles. The Morgan fingerprint density at radius 2 is 1.69 bits per heavy atom. The fraction of sp³-hybridized carbons (Fsp3) is 0.167. The van der Waals surface area contributed by atoms with Gasteiger partial charge in [0.05, 0.1) is 11.4 Å². The van der Waals surface area contributed by atoms with E-state index in [0.29, 0.717) is 11.3 Å². The van der Waals surface area contributed by atoms with Crippen LogP contribution >= 0.6 is 11.6 Å². The number of aryl methyl sites for hydroxylation is 2. The van der Waals surface area contributed by atoms with Crippen molar-refractivity contribution in [3.05, 3.63) is 46.6 Å². The molecule has 0 aliphatic heterocycles. The summed E-state index contributed by atoms with van der Waals surface area (Å²) < 4.78 is 13.6. The molecule has 0 N–H and O–H groups in total. The zero-order valence-corrected chi connectivity index (χ0v) is 9.72. The molecular formula is C12H10ClFN2. The van der Waals surface area contributed by atoms with E-state index in [1.165, 1.54) is 6.07 Å². The van der Waals surface area contributed by atoms with Crippen LogP contribution in [0.2, 0.25) is 5.15 Å². The Morgan fingerprint density at radius 3 is 2.38 bits per heavy atom. The van der Waals surface area contributed by atoms with Crippen LogP contribution in [0, 0.1) is 19.7 Å². The predicted molar refractivity (Wildman–Crippen MR) is 61.9 cm³/mol. The first-order chi connectivity index (χ1) is 7.59. The van der Waals surface area contributed by atoms with Crippen molar-refractivity contribution in [2.24, 2.45) is 0 Å². The van der Waals surface area contributed by atoms with E-state index in [-0.39, 0.29) is 11.0 Å². The molecule has 0 atom stereocenters. The van der Waals surface area contributed by atoms with Gasteiger partial charge in [0.2, 0.25) is 0 Å². The van der Waals surface area contributed by atoms with E-state index in [1.54, 1.807) is 18.2 Å². The third kappa shape index (κ3) is 1.91. The second kappa shape index (κ2) is 4.18. The molecular weight excluding hydrogens is 227 g/mol. The number of halogens is 2. The number of hydrogen-bond acceptors (Lipinski definition) is 2. The van der Waals surface area contributed by atoms with E-state index in [2.05, 4.69) is 9.97 Å². The van der Waals surface area contributed by atoms with Crippen molar-refractivity contribution in [3.63, 3.8) is 0 Å². The van der Waals surface area contributed by atoms with Gasteiger partial charge in [-0.1, -0.05) is 23.7 Å². The van der Waals surface area contributed by atoms with Crippen LogP contribution in [0.25, 0.3) is 11.3 Å². The minimum atomic E-state index is -0.345. The zero-order valence-electron chi connectivity index (χ0n) is 8.96. The van der Waals surface area contributed by atoms with Crippen molar-refractivity contribution in [3.8, 4) is 11.3 Å². The van der Waals surface area contributed by atoms with Crippen LogP contribution < -0.4 is 0 Å². The van der Waals surface area contributed by atoms with Crippen LogP contribution in [0.3, 0.4) is 0 Å². The molecule has 82 valence electrons. The smallest absolute Gasteiger partial charge is 0.155 e. The number of nitrogens with zero attached hydrogens (tertiary/aromatic N) is 2. The Hall–Kier alpha value is -1.48. The van der Waals surface area contributed by atoms with Crippen LogP contribution in [0.5, 0.6) is 0 Å². The molecule has 0 saturated carbocycles. The molecule has 0 amide bonds. The SMILES string of the molecule is Cc1nc(Cl)c(-c2ccccc2F)nc1C. The highest BCUT2D eigenvalue weighted by Crippen LogP contribution is 2.27. The van der Waals surface area contributed by atoms with Gasteiger partial charge in [0.1, 0.15) is 11.5 Å². The minimum absolute atomic E-state index is 0.230. The summed E-state index contributed by atoms with van der Waals surface area (Å²) in [5.74, 6) is -0.345. The summed E-state index contributed by atoms with van der Waals surface area (Å²) in [4.78, 5) is 8.40. The molecule has 2 rings (SSSR count). The molecule has 0 saturated heterocycles. The number of rotatable bonds is 1. The summed E-state index contributed by atoms with van der Waals surface area (Å²) in [5, 5.41) is 0.230. The molecule has 2 aromatic rings. The molecule has 0 spiro atoms. The largest absolute Gasteiger partial charge is 0.248 e. The van der Waals surface area contributed by atoms with Crippen molar-refractivity contribution < 1.29 is 4.39 Å². The molecule has 16 heavy (non-hydrogen) atoms. The van der Waals surface area contributed by atoms with E-state index in [9.17, 15) is 4.39 Å². The summed E-state index contributed by atoms with van der Waals surface area (Å²) in [6, 6.07) is 6.38. The maximum absolute atomic E-state index is 13.6. The third-order valence-electron chi connectivity index (χ3n) is 2.39. The highest BCUT2D eigenvalue weighted by molar-refractivity contribution is 6.31. The standard InChI is InChI=1S/C12H10ClFN2/c1-7-8(2)16-12(13)11(15-7)9-5-3-4-6-10(9)14/h3-6H,1-2H3. The predicted octanol–water partition coefficient (Wildman–Crippen LogP) is 3.55. The second-order valence-electron chi connectivity index (χ2n) is 3.51. The zero-order chi connectivity index (χ0) is 11.7. The summed E-state index contributed by atoms with van der Waals surface area (Å²) in [6.45, 7) is 3.64. The molecule has 0 fully saturated rings. The lowest BCUT2D eigenvalue weighted by molar-refractivity contribution is 0.630. The quantitative estimate of drug-likeness (QED) is 0.757. The Balaban J connectivity index is 2.65. The summed E-state index contributed by atoms with van der Waals surface area (Å²) in [6.07, 6.45) is 0. The van der Waals surface area contributed by atoms with Crippen molar-refractivity contribution in [2.75, 3.05) is 0 Å². The lowest BCUT2D eigenvalue weighted by Crippen LogP contribution is -1.97. The summed E-state index contributed by atoms with van der Waals surface area (Å²) in [5.41, 5.74) is 2.28. The van der Waals surface area contributed by atoms with Gasteiger partial charge in [-0.25, -0.2) is 14.4 Å². The maximum Gasteiger partial charge on any atom is 0.155 e. The van der Waals surface area contributed by atoms with E-state index in [1.807, 2.05) is 13.8 Å². The third-order valence-corrected chi connectivity index (χ3v) is 2.66. The molecule has 0 unspecified atom stereocenters. The first-order valence-corrected chi connectivity index (χ1v) is 5.23. The topological polar surface area (TPSA) is 25.8 Å². The molecule has 2 nitrogen and oxygen atoms in total. The van der Waals surface area contributed by atoms with Crippen LogP contribution in [-0.4, -0.2) is 9.97 Å². The second-order valence-corrected chi connectivity index (χ2v) is 3.87. The number of benzene rings is 1. The molecule has 0 bridgehead atoms. The molecule has 1 aromatic carbocycles. The van der Waals surface area contributed by atoms with Gasteiger partial charge in [-0.3, -0.25) is 0 Å². The monoisotopic (exact) mass is 236 g/mol. The van der Waals surface area contributed by atoms with Gasteiger partial charge < -0.3 is 0 Å². The fourth-order valence-electron chi connectivity index (χ4n) is 1.40. The number of aromatic nitrogens is 2. The Morgan fingerprint density at radius 1 is 1.06 bits per heavy atom. The van der Waals surface area contributed by atoms with Gasteiger partial charge in [0, 0.05) is 5.56 Å². The van der Waals surface area contributed by atoms with Crippen molar-refractivity contribution >= 4 is 11.6 Å². The average molecular weight is 237 g/mol. The van der Waals surface area contributed by atoms with Crippen LogP contribution in [0.4, 0.5) is 4.39 Å². The lowest BCUT2D eigenvalue weighted by Gasteiger charge is -2.07. The molecule has 0 aliphatic rings. The van der Waals surface area contributed by atoms with Gasteiger partial charge in [-0.05, 0) is 26.0 Å². The first kappa shape index (κ1) is 11.0. The van der Waals surface area contributed by atoms with E-state index in [0.717, 1.165) is 11.4 Å². The van der Waals surface area contributed by atoms with Gasteiger partial charge in [0.15, 0.2) is 5.15 Å². The summed E-state index contributed by atoms with van der Waals surface area (Å²) in [7, 11) is 0. The van der Waals surface area contributed by atoms with E-state index in [4.69, 9.17) is 11.6 Å². The average Bonchev–Trinajstić information content (AvgIpc) is 2.25. The summed E-state index contributed by atoms with van der Waals surface area (Å²) >= 11 is 5.97. The van der Waals surface area contributed by atoms with Crippen LogP contribution in [-0.2, 0) is 0 Å². The molecule has 1 aromatic heterocycles. The Bertz CT molecular complexity index is 541. The van der Waals surface area contributed by atoms with Gasteiger partial charge in [0.25, 0.3) is 0 Å². The Kier molecular flexibility index (Phi) is 2.88. The number of hydrogen-bond donors (Lipinski definition) is 0. The first-order valence-electron chi connectivity index (χ1n) is 4.85. The van der Waals surface area contributed by atoms with Gasteiger partial charge in [-0.2, -0.15) is 0 Å². The molecule has 4 heteroatoms.